The van der Waals surface area contributed by atoms with Crippen LogP contribution in [0.3, 0.4) is 0 Å². The van der Waals surface area contributed by atoms with Gasteiger partial charge in [-0.05, 0) is 25.7 Å². The second-order valence-electron chi connectivity index (χ2n) is 4.76. The molecule has 0 radical (unpaired) electrons. The molecule has 0 aromatic rings. The van der Waals surface area contributed by atoms with Gasteiger partial charge in [0, 0.05) is 18.8 Å². The number of rotatable bonds is 7. The Morgan fingerprint density at radius 2 is 2.14 bits per heavy atom. The van der Waals surface area contributed by atoms with Crippen molar-refractivity contribution in [3.05, 3.63) is 0 Å². The minimum Gasteiger partial charge on any atom is -0.394 e. The highest BCUT2D eigenvalue weighted by atomic mass is 16.5. The highest BCUT2D eigenvalue weighted by Crippen LogP contribution is 2.29. The Morgan fingerprint density at radius 1 is 1.43 bits per heavy atom. The van der Waals surface area contributed by atoms with E-state index in [0.717, 1.165) is 18.9 Å². The van der Waals surface area contributed by atoms with Crippen molar-refractivity contribution in [2.24, 2.45) is 11.7 Å². The van der Waals surface area contributed by atoms with Crippen LogP contribution in [0.15, 0.2) is 0 Å². The van der Waals surface area contributed by atoms with Gasteiger partial charge in [-0.1, -0.05) is 19.3 Å². The summed E-state index contributed by atoms with van der Waals surface area (Å²) in [6, 6.07) is 0. The molecule has 1 fully saturated rings. The summed E-state index contributed by atoms with van der Waals surface area (Å²) in [6.45, 7) is 3.40. The zero-order valence-electron chi connectivity index (χ0n) is 9.17. The van der Waals surface area contributed by atoms with E-state index in [-0.39, 0.29) is 6.61 Å². The first kappa shape index (κ1) is 12.0. The molecular formula is C11H23NO2. The van der Waals surface area contributed by atoms with Crippen LogP contribution >= 0.6 is 0 Å². The van der Waals surface area contributed by atoms with Crippen LogP contribution in [-0.2, 0) is 4.74 Å². The summed E-state index contributed by atoms with van der Waals surface area (Å²) in [7, 11) is 0. The SMILES string of the molecule is CC(N)(CO)CCOCCC1CCC1. The Bertz CT molecular complexity index is 155. The van der Waals surface area contributed by atoms with E-state index in [2.05, 4.69) is 0 Å². The molecule has 1 saturated carbocycles. The molecule has 1 unspecified atom stereocenters. The van der Waals surface area contributed by atoms with Gasteiger partial charge in [0.05, 0.1) is 6.61 Å². The maximum absolute atomic E-state index is 8.91. The van der Waals surface area contributed by atoms with Crippen LogP contribution < -0.4 is 5.73 Å². The van der Waals surface area contributed by atoms with E-state index in [0.29, 0.717) is 6.61 Å². The van der Waals surface area contributed by atoms with Crippen molar-refractivity contribution in [1.82, 2.24) is 0 Å². The lowest BCUT2D eigenvalue weighted by atomic mass is 9.83. The molecule has 1 atom stereocenters. The zero-order chi connectivity index (χ0) is 10.4. The van der Waals surface area contributed by atoms with E-state index in [1.165, 1.54) is 25.7 Å². The third-order valence-electron chi connectivity index (χ3n) is 3.07. The van der Waals surface area contributed by atoms with Crippen molar-refractivity contribution < 1.29 is 9.84 Å². The fourth-order valence-corrected chi connectivity index (χ4v) is 1.52. The van der Waals surface area contributed by atoms with Crippen LogP contribution in [0, 0.1) is 5.92 Å². The van der Waals surface area contributed by atoms with Gasteiger partial charge in [0.2, 0.25) is 0 Å². The average Bonchev–Trinajstić information content (AvgIpc) is 2.08. The van der Waals surface area contributed by atoms with Gasteiger partial charge in [0.15, 0.2) is 0 Å². The third kappa shape index (κ3) is 4.40. The van der Waals surface area contributed by atoms with Gasteiger partial charge < -0.3 is 15.6 Å². The third-order valence-corrected chi connectivity index (χ3v) is 3.07. The normalized spacial score (nSPS) is 21.6. The molecule has 0 aliphatic heterocycles. The van der Waals surface area contributed by atoms with Crippen LogP contribution in [0.25, 0.3) is 0 Å². The van der Waals surface area contributed by atoms with Gasteiger partial charge in [-0.15, -0.1) is 0 Å². The summed E-state index contributed by atoms with van der Waals surface area (Å²) in [5.41, 5.74) is 5.29. The standard InChI is InChI=1S/C11H23NO2/c1-11(12,9-13)6-8-14-7-5-10-3-2-4-10/h10,13H,2-9,12H2,1H3. The van der Waals surface area contributed by atoms with E-state index in [1.54, 1.807) is 0 Å². The monoisotopic (exact) mass is 201 g/mol. The first-order chi connectivity index (χ1) is 6.64. The fraction of sp³-hybridized carbons (Fsp3) is 1.00. The average molecular weight is 201 g/mol. The number of hydrogen-bond acceptors (Lipinski definition) is 3. The predicted molar refractivity (Wildman–Crippen MR) is 57.1 cm³/mol. The highest BCUT2D eigenvalue weighted by Gasteiger charge is 2.18. The van der Waals surface area contributed by atoms with Crippen molar-refractivity contribution in [2.45, 2.75) is 44.6 Å². The number of ether oxygens (including phenoxy) is 1. The second kappa shape index (κ2) is 5.69. The lowest BCUT2D eigenvalue weighted by Crippen LogP contribution is -2.41. The second-order valence-corrected chi connectivity index (χ2v) is 4.76. The minimum atomic E-state index is -0.476. The van der Waals surface area contributed by atoms with Crippen LogP contribution in [0.2, 0.25) is 0 Å². The summed E-state index contributed by atoms with van der Waals surface area (Å²) < 4.78 is 5.49. The molecule has 3 heteroatoms. The Kier molecular flexibility index (Phi) is 4.85. The summed E-state index contributed by atoms with van der Waals surface area (Å²) in [6.07, 6.45) is 6.09. The van der Waals surface area contributed by atoms with E-state index in [4.69, 9.17) is 15.6 Å². The molecule has 1 rings (SSSR count). The molecule has 0 spiro atoms. The van der Waals surface area contributed by atoms with Gasteiger partial charge in [-0.25, -0.2) is 0 Å². The van der Waals surface area contributed by atoms with Crippen LogP contribution in [0.1, 0.15) is 39.0 Å². The number of aliphatic hydroxyl groups is 1. The van der Waals surface area contributed by atoms with Gasteiger partial charge in [0.25, 0.3) is 0 Å². The first-order valence-electron chi connectivity index (χ1n) is 5.61. The fourth-order valence-electron chi connectivity index (χ4n) is 1.52. The Balaban J connectivity index is 1.88. The first-order valence-corrected chi connectivity index (χ1v) is 5.61. The number of aliphatic hydroxyl groups excluding tert-OH is 1. The van der Waals surface area contributed by atoms with Gasteiger partial charge >= 0.3 is 0 Å². The Hall–Kier alpha value is -0.120. The lowest BCUT2D eigenvalue weighted by Gasteiger charge is -2.25. The number of hydrogen-bond donors (Lipinski definition) is 2. The van der Waals surface area contributed by atoms with Crippen LogP contribution in [0.5, 0.6) is 0 Å². The smallest absolute Gasteiger partial charge is 0.0609 e. The zero-order valence-corrected chi connectivity index (χ0v) is 9.17. The van der Waals surface area contributed by atoms with Crippen molar-refractivity contribution in [1.29, 1.82) is 0 Å². The molecule has 0 amide bonds. The molecule has 1 aliphatic rings. The van der Waals surface area contributed by atoms with E-state index in [1.807, 2.05) is 6.92 Å². The molecule has 84 valence electrons. The van der Waals surface area contributed by atoms with Crippen LogP contribution in [-0.4, -0.2) is 30.5 Å². The lowest BCUT2D eigenvalue weighted by molar-refractivity contribution is 0.0826. The number of nitrogens with two attached hydrogens (primary N) is 1. The van der Waals surface area contributed by atoms with Crippen LogP contribution in [0.4, 0.5) is 0 Å². The molecule has 14 heavy (non-hydrogen) atoms. The molecule has 0 heterocycles. The van der Waals surface area contributed by atoms with E-state index in [9.17, 15) is 0 Å². The summed E-state index contributed by atoms with van der Waals surface area (Å²) in [5, 5.41) is 8.91. The van der Waals surface area contributed by atoms with Gasteiger partial charge in [0.1, 0.15) is 0 Å². The molecule has 0 saturated heterocycles. The quantitative estimate of drug-likeness (QED) is 0.610. The molecule has 1 aliphatic carbocycles. The molecular weight excluding hydrogens is 178 g/mol. The van der Waals surface area contributed by atoms with Crippen molar-refractivity contribution >= 4 is 0 Å². The maximum Gasteiger partial charge on any atom is 0.0609 e. The summed E-state index contributed by atoms with van der Waals surface area (Å²) in [5.74, 6) is 0.914. The van der Waals surface area contributed by atoms with Crippen molar-refractivity contribution in [3.8, 4) is 0 Å². The maximum atomic E-state index is 8.91. The molecule has 0 aromatic heterocycles. The largest absolute Gasteiger partial charge is 0.394 e. The molecule has 0 aromatic carbocycles. The Morgan fingerprint density at radius 3 is 2.64 bits per heavy atom. The molecule has 3 nitrogen and oxygen atoms in total. The van der Waals surface area contributed by atoms with Gasteiger partial charge in [-0.3, -0.25) is 0 Å². The highest BCUT2D eigenvalue weighted by molar-refractivity contribution is 4.76. The summed E-state index contributed by atoms with van der Waals surface area (Å²) in [4.78, 5) is 0. The van der Waals surface area contributed by atoms with E-state index < -0.39 is 5.54 Å². The molecule has 3 N–H and O–H groups in total. The summed E-state index contributed by atoms with van der Waals surface area (Å²) >= 11 is 0. The minimum absolute atomic E-state index is 0.0268. The topological polar surface area (TPSA) is 55.5 Å². The van der Waals surface area contributed by atoms with Crippen molar-refractivity contribution in [3.63, 3.8) is 0 Å². The van der Waals surface area contributed by atoms with E-state index >= 15 is 0 Å². The predicted octanol–water partition coefficient (Wildman–Crippen LogP) is 1.29. The van der Waals surface area contributed by atoms with Crippen molar-refractivity contribution in [2.75, 3.05) is 19.8 Å². The Labute approximate surface area is 86.6 Å². The molecule has 0 bridgehead atoms. The van der Waals surface area contributed by atoms with Gasteiger partial charge in [-0.2, -0.15) is 0 Å².